The third-order valence-corrected chi connectivity index (χ3v) is 5.34. The first-order valence-corrected chi connectivity index (χ1v) is 9.66. The summed E-state index contributed by atoms with van der Waals surface area (Å²) in [7, 11) is 0. The van der Waals surface area contributed by atoms with Crippen molar-refractivity contribution in [2.75, 3.05) is 26.3 Å². The molecule has 2 heterocycles. The van der Waals surface area contributed by atoms with Gasteiger partial charge in [-0.2, -0.15) is 0 Å². The van der Waals surface area contributed by atoms with E-state index in [1.54, 1.807) is 0 Å². The predicted molar refractivity (Wildman–Crippen MR) is 95.8 cm³/mol. The molecule has 1 aliphatic carbocycles. The summed E-state index contributed by atoms with van der Waals surface area (Å²) in [4.78, 5) is 14.4. The molecule has 2 fully saturated rings. The van der Waals surface area contributed by atoms with E-state index in [4.69, 9.17) is 9.47 Å². The van der Waals surface area contributed by atoms with Crippen LogP contribution in [0.2, 0.25) is 0 Å². The second-order valence-corrected chi connectivity index (χ2v) is 7.60. The van der Waals surface area contributed by atoms with Crippen LogP contribution in [0.4, 0.5) is 0 Å². The fourth-order valence-corrected chi connectivity index (χ4v) is 3.84. The molecular formula is C20H28N2O3. The maximum atomic E-state index is 11.9. The van der Waals surface area contributed by atoms with Gasteiger partial charge in [-0.15, -0.1) is 0 Å². The first-order valence-electron chi connectivity index (χ1n) is 9.66. The number of hydrogen-bond donors (Lipinski definition) is 1. The molecule has 1 amide bonds. The number of fused-ring (bicyclic) bond motifs is 1. The van der Waals surface area contributed by atoms with Crippen molar-refractivity contribution in [3.05, 3.63) is 23.8 Å². The first kappa shape index (κ1) is 16.7. The van der Waals surface area contributed by atoms with E-state index in [1.165, 1.54) is 31.2 Å². The molecule has 0 radical (unpaired) electrons. The van der Waals surface area contributed by atoms with Gasteiger partial charge in [-0.05, 0) is 62.3 Å². The van der Waals surface area contributed by atoms with E-state index in [0.717, 1.165) is 37.6 Å². The van der Waals surface area contributed by atoms with Crippen molar-refractivity contribution in [3.63, 3.8) is 0 Å². The number of hydrogen-bond acceptors (Lipinski definition) is 4. The summed E-state index contributed by atoms with van der Waals surface area (Å²) in [5.41, 5.74) is 1.27. The maximum absolute atomic E-state index is 11.9. The van der Waals surface area contributed by atoms with Gasteiger partial charge < -0.3 is 14.8 Å². The van der Waals surface area contributed by atoms with E-state index in [-0.39, 0.29) is 5.91 Å². The monoisotopic (exact) mass is 344 g/mol. The molecule has 1 saturated carbocycles. The summed E-state index contributed by atoms with van der Waals surface area (Å²) < 4.78 is 11.3. The maximum Gasteiger partial charge on any atom is 0.220 e. The zero-order chi connectivity index (χ0) is 17.1. The van der Waals surface area contributed by atoms with Gasteiger partial charge in [0, 0.05) is 25.6 Å². The molecule has 0 bridgehead atoms. The second kappa shape index (κ2) is 7.65. The number of likely N-dealkylation sites (tertiary alicyclic amines) is 1. The van der Waals surface area contributed by atoms with Crippen molar-refractivity contribution in [1.29, 1.82) is 0 Å². The Morgan fingerprint density at radius 3 is 2.84 bits per heavy atom. The zero-order valence-corrected chi connectivity index (χ0v) is 14.8. The lowest BCUT2D eigenvalue weighted by molar-refractivity contribution is -0.121. The summed E-state index contributed by atoms with van der Waals surface area (Å²) in [6, 6.07) is 6.75. The minimum atomic E-state index is 0.242. The molecule has 4 rings (SSSR count). The molecule has 5 nitrogen and oxygen atoms in total. The molecule has 0 spiro atoms. The van der Waals surface area contributed by atoms with Crippen LogP contribution in [-0.4, -0.2) is 43.2 Å². The summed E-state index contributed by atoms with van der Waals surface area (Å²) in [6.45, 7) is 4.44. The van der Waals surface area contributed by atoms with Crippen molar-refractivity contribution < 1.29 is 14.3 Å². The normalized spacial score (nSPS) is 23.3. The van der Waals surface area contributed by atoms with E-state index in [2.05, 4.69) is 22.3 Å². The van der Waals surface area contributed by atoms with Crippen LogP contribution < -0.4 is 14.8 Å². The largest absolute Gasteiger partial charge is 0.486 e. The number of amides is 1. The summed E-state index contributed by atoms with van der Waals surface area (Å²) in [5.74, 6) is 2.60. The van der Waals surface area contributed by atoms with Crippen molar-refractivity contribution in [1.82, 2.24) is 10.2 Å². The minimum Gasteiger partial charge on any atom is -0.486 e. The third kappa shape index (κ3) is 4.66. The van der Waals surface area contributed by atoms with Crippen LogP contribution in [0.1, 0.15) is 44.1 Å². The molecule has 0 unspecified atom stereocenters. The summed E-state index contributed by atoms with van der Waals surface area (Å²) >= 11 is 0. The van der Waals surface area contributed by atoms with Gasteiger partial charge in [0.1, 0.15) is 13.2 Å². The van der Waals surface area contributed by atoms with Gasteiger partial charge in [-0.25, -0.2) is 0 Å². The quantitative estimate of drug-likeness (QED) is 0.862. The van der Waals surface area contributed by atoms with Gasteiger partial charge in [0.25, 0.3) is 0 Å². The molecule has 0 aromatic heterocycles. The number of piperidine rings is 1. The lowest BCUT2D eigenvalue weighted by atomic mass is 9.93. The Morgan fingerprint density at radius 2 is 2.00 bits per heavy atom. The molecule has 5 heteroatoms. The topological polar surface area (TPSA) is 50.8 Å². The zero-order valence-electron chi connectivity index (χ0n) is 14.8. The third-order valence-electron chi connectivity index (χ3n) is 5.34. The Labute approximate surface area is 149 Å². The summed E-state index contributed by atoms with van der Waals surface area (Å²) in [6.07, 6.45) is 6.49. The van der Waals surface area contributed by atoms with E-state index in [9.17, 15) is 4.79 Å². The van der Waals surface area contributed by atoms with Gasteiger partial charge in [0.05, 0.1) is 0 Å². The van der Waals surface area contributed by atoms with Gasteiger partial charge >= 0.3 is 0 Å². The standard InChI is InChI=1S/C20H28N2O3/c23-20(21-17-5-6-17)8-4-15-2-1-9-22(13-15)14-16-3-7-18-19(12-16)25-11-10-24-18/h3,7,12,15,17H,1-2,4-6,8-11,13-14H2,(H,21,23)/t15-/m0/s1. The van der Waals surface area contributed by atoms with Crippen LogP contribution in [0, 0.1) is 5.92 Å². The number of ether oxygens (including phenoxy) is 2. The Balaban J connectivity index is 1.26. The fraction of sp³-hybridized carbons (Fsp3) is 0.650. The van der Waals surface area contributed by atoms with Gasteiger partial charge in [0.15, 0.2) is 11.5 Å². The smallest absolute Gasteiger partial charge is 0.220 e. The van der Waals surface area contributed by atoms with E-state index >= 15 is 0 Å². The number of rotatable bonds is 6. The van der Waals surface area contributed by atoms with Crippen LogP contribution in [0.3, 0.4) is 0 Å². The van der Waals surface area contributed by atoms with Crippen LogP contribution >= 0.6 is 0 Å². The van der Waals surface area contributed by atoms with Crippen molar-refractivity contribution in [3.8, 4) is 11.5 Å². The molecule has 2 aliphatic heterocycles. The Hall–Kier alpha value is -1.75. The van der Waals surface area contributed by atoms with Crippen LogP contribution in [0.25, 0.3) is 0 Å². The highest BCUT2D eigenvalue weighted by Crippen LogP contribution is 2.32. The first-order chi connectivity index (χ1) is 12.3. The second-order valence-electron chi connectivity index (χ2n) is 7.60. The molecule has 136 valence electrons. The predicted octanol–water partition coefficient (Wildman–Crippen LogP) is 2.73. The van der Waals surface area contributed by atoms with Gasteiger partial charge in [-0.3, -0.25) is 9.69 Å². The summed E-state index contributed by atoms with van der Waals surface area (Å²) in [5, 5.41) is 3.10. The average Bonchev–Trinajstić information content (AvgIpc) is 3.44. The number of carbonyl (C=O) groups is 1. The molecule has 1 aromatic rings. The van der Waals surface area contributed by atoms with Crippen molar-refractivity contribution in [2.45, 2.75) is 51.1 Å². The molecule has 1 N–H and O–H groups in total. The molecule has 1 saturated heterocycles. The van der Waals surface area contributed by atoms with Crippen LogP contribution in [-0.2, 0) is 11.3 Å². The number of nitrogens with zero attached hydrogens (tertiary/aromatic N) is 1. The lowest BCUT2D eigenvalue weighted by Crippen LogP contribution is -2.35. The number of nitrogens with one attached hydrogen (secondary N) is 1. The molecule has 25 heavy (non-hydrogen) atoms. The van der Waals surface area contributed by atoms with Crippen LogP contribution in [0.15, 0.2) is 18.2 Å². The van der Waals surface area contributed by atoms with Gasteiger partial charge in [0.2, 0.25) is 5.91 Å². The number of benzene rings is 1. The van der Waals surface area contributed by atoms with Gasteiger partial charge in [-0.1, -0.05) is 6.07 Å². The molecular weight excluding hydrogens is 316 g/mol. The highest BCUT2D eigenvalue weighted by molar-refractivity contribution is 5.76. The molecule has 3 aliphatic rings. The van der Waals surface area contributed by atoms with Crippen molar-refractivity contribution >= 4 is 5.91 Å². The minimum absolute atomic E-state index is 0.242. The Morgan fingerprint density at radius 1 is 1.16 bits per heavy atom. The lowest BCUT2D eigenvalue weighted by Gasteiger charge is -2.33. The van der Waals surface area contributed by atoms with Crippen LogP contribution in [0.5, 0.6) is 11.5 Å². The fourth-order valence-electron chi connectivity index (χ4n) is 3.84. The SMILES string of the molecule is O=C(CC[C@@H]1CCCN(Cc2ccc3c(c2)OCCO3)C1)NC1CC1. The highest BCUT2D eigenvalue weighted by atomic mass is 16.6. The molecule has 1 aromatic carbocycles. The van der Waals surface area contributed by atoms with E-state index in [0.29, 0.717) is 31.6 Å². The number of carbonyl (C=O) groups excluding carboxylic acids is 1. The average molecular weight is 344 g/mol. The Bertz CT molecular complexity index is 615. The van der Waals surface area contributed by atoms with Crippen molar-refractivity contribution in [2.24, 2.45) is 5.92 Å². The highest BCUT2D eigenvalue weighted by Gasteiger charge is 2.25. The van der Waals surface area contributed by atoms with E-state index < -0.39 is 0 Å². The van der Waals surface area contributed by atoms with E-state index in [1.807, 2.05) is 6.07 Å². The Kier molecular flexibility index (Phi) is 5.11. The molecule has 1 atom stereocenters.